The Balaban J connectivity index is 0.000000499. The van der Waals surface area contributed by atoms with Crippen LogP contribution in [-0.4, -0.2) is 0 Å². The van der Waals surface area contributed by atoms with Crippen LogP contribution in [0.2, 0.25) is 0 Å². The van der Waals surface area contributed by atoms with Crippen LogP contribution in [0.25, 0.3) is 0 Å². The van der Waals surface area contributed by atoms with Crippen molar-refractivity contribution in [2.45, 2.75) is 27.2 Å². The largest absolute Gasteiger partial charge is 4.00 e. The monoisotopic (exact) mass is 575 g/mol. The molecule has 5 rings (SSSR count). The number of rotatable bonds is 1. The normalized spacial score (nSPS) is 20.1. The number of hydrogen-bond acceptors (Lipinski definition) is 1. The van der Waals surface area contributed by atoms with E-state index in [4.69, 9.17) is 0 Å². The predicted octanol–water partition coefficient (Wildman–Crippen LogP) is 0.964. The molecule has 1 nitrogen and oxygen atoms in total. The van der Waals surface area contributed by atoms with Crippen molar-refractivity contribution >= 4 is 21.6 Å². The molecule has 4 aliphatic rings. The van der Waals surface area contributed by atoms with Gasteiger partial charge in [0.1, 0.15) is 0 Å². The summed E-state index contributed by atoms with van der Waals surface area (Å²) in [5.74, 6) is 0.287. The molecule has 1 unspecified atom stereocenters. The molecule has 0 aromatic heterocycles. The molecule has 152 valence electrons. The summed E-state index contributed by atoms with van der Waals surface area (Å²) in [5.41, 5.74) is 8.90. The van der Waals surface area contributed by atoms with Gasteiger partial charge in [0.25, 0.3) is 0 Å². The molecule has 1 aromatic rings. The number of fused-ring (bicyclic) bond motifs is 2. The minimum absolute atomic E-state index is 0. The van der Waals surface area contributed by atoms with Crippen LogP contribution in [0.4, 0.5) is 5.69 Å². The molecule has 3 aliphatic carbocycles. The molecule has 0 saturated carbocycles. The molecular weight excluding hydrogens is 556 g/mol. The van der Waals surface area contributed by atoms with E-state index in [0.717, 1.165) is 6.42 Å². The van der Waals surface area contributed by atoms with E-state index >= 15 is 0 Å². The zero-order valence-corrected chi connectivity index (χ0v) is 22.7. The summed E-state index contributed by atoms with van der Waals surface area (Å²) in [6, 6.07) is 10.6. The molecule has 1 atom stereocenters. The van der Waals surface area contributed by atoms with Crippen molar-refractivity contribution in [3.63, 3.8) is 0 Å². The second kappa shape index (κ2) is 11.7. The first-order chi connectivity index (χ1) is 13.1. The topological polar surface area (TPSA) is 3.24 Å². The fraction of sp³-hybridized carbons (Fsp3) is 0.200. The fourth-order valence-corrected chi connectivity index (χ4v) is 4.72. The Labute approximate surface area is 220 Å². The second-order valence-electron chi connectivity index (χ2n) is 7.09. The summed E-state index contributed by atoms with van der Waals surface area (Å²) in [6.45, 7) is 6.57. The van der Waals surface area contributed by atoms with Crippen molar-refractivity contribution < 1.29 is 51.0 Å². The van der Waals surface area contributed by atoms with Gasteiger partial charge in [0.2, 0.25) is 0 Å². The summed E-state index contributed by atoms with van der Waals surface area (Å²) < 4.78 is 1.26. The third-order valence-corrected chi connectivity index (χ3v) is 6.15. The van der Waals surface area contributed by atoms with Crippen LogP contribution in [0.15, 0.2) is 98.9 Å². The smallest absolute Gasteiger partial charge is 1.00 e. The van der Waals surface area contributed by atoms with E-state index in [1.807, 2.05) is 12.2 Å². The first-order valence-electron chi connectivity index (χ1n) is 9.26. The first-order valence-corrected chi connectivity index (χ1v) is 10.1. The van der Waals surface area contributed by atoms with Gasteiger partial charge < -0.3 is 29.7 Å². The van der Waals surface area contributed by atoms with Crippen molar-refractivity contribution in [2.24, 2.45) is 5.92 Å². The third-order valence-electron chi connectivity index (χ3n) is 5.26. The predicted molar refractivity (Wildman–Crippen MR) is 117 cm³/mol. The standard InChI is InChI=1S/C20H17BrN.C5H5.2ClH.Zr/c1-12-9-15-11-18-19(20(21)17(15)10-12)13(2)14(3)22(18)16-7-5-4-6-8-16;1-2-4-5-3-1;;;/h4-10,19H,1-3H3;1-3H,4H2;2*1H;/q2*-1;;;+4/p-2. The summed E-state index contributed by atoms with van der Waals surface area (Å²) in [7, 11) is 0. The van der Waals surface area contributed by atoms with Crippen molar-refractivity contribution in [2.75, 3.05) is 4.90 Å². The number of anilines is 1. The third kappa shape index (κ3) is 5.13. The van der Waals surface area contributed by atoms with Gasteiger partial charge in [-0.2, -0.15) is 23.8 Å². The van der Waals surface area contributed by atoms with Crippen LogP contribution < -0.4 is 29.7 Å². The molecule has 1 aliphatic heterocycles. The summed E-state index contributed by atoms with van der Waals surface area (Å²) in [5, 5.41) is 0. The van der Waals surface area contributed by atoms with Gasteiger partial charge in [0, 0.05) is 17.3 Å². The van der Waals surface area contributed by atoms with Gasteiger partial charge in [-0.25, -0.2) is 12.2 Å². The summed E-state index contributed by atoms with van der Waals surface area (Å²) in [6.07, 6.45) is 18.1. The van der Waals surface area contributed by atoms with E-state index < -0.39 is 0 Å². The van der Waals surface area contributed by atoms with E-state index in [9.17, 15) is 0 Å². The van der Waals surface area contributed by atoms with E-state index in [2.05, 4.69) is 102 Å². The van der Waals surface area contributed by atoms with Crippen LogP contribution in [-0.2, 0) is 26.2 Å². The SMILES string of the molecule is CC1=CC2=C(Br)C3C(=[C-]C2=C1)N(c1ccccc1)C(C)=C3C.[C-]1=CC=CC1.[Cl-].[Cl-].[Zr+4]. The van der Waals surface area contributed by atoms with Gasteiger partial charge in [-0.15, -0.1) is 23.6 Å². The van der Waals surface area contributed by atoms with Crippen LogP contribution in [0.1, 0.15) is 27.2 Å². The van der Waals surface area contributed by atoms with E-state index in [-0.39, 0.29) is 56.9 Å². The molecule has 1 heterocycles. The molecule has 0 radical (unpaired) electrons. The van der Waals surface area contributed by atoms with Gasteiger partial charge in [0.05, 0.1) is 0 Å². The molecule has 0 N–H and O–H groups in total. The van der Waals surface area contributed by atoms with Crippen LogP contribution in [0.3, 0.4) is 0 Å². The van der Waals surface area contributed by atoms with Crippen molar-refractivity contribution in [3.8, 4) is 0 Å². The number of hydrogen-bond donors (Lipinski definition) is 0. The van der Waals surface area contributed by atoms with Crippen molar-refractivity contribution in [3.05, 3.63) is 111 Å². The van der Waals surface area contributed by atoms with Gasteiger partial charge >= 0.3 is 26.2 Å². The van der Waals surface area contributed by atoms with Gasteiger partial charge in [-0.05, 0) is 41.7 Å². The van der Waals surface area contributed by atoms with Crippen LogP contribution >= 0.6 is 15.9 Å². The maximum atomic E-state index is 3.87. The fourth-order valence-electron chi connectivity index (χ4n) is 3.84. The summed E-state index contributed by atoms with van der Waals surface area (Å²) >= 11 is 3.87. The van der Waals surface area contributed by atoms with Gasteiger partial charge in [0.15, 0.2) is 0 Å². The Morgan fingerprint density at radius 2 is 1.73 bits per heavy atom. The van der Waals surface area contributed by atoms with E-state index in [0.29, 0.717) is 0 Å². The molecule has 5 heteroatoms. The average Bonchev–Trinajstić information content (AvgIpc) is 3.39. The molecule has 0 amide bonds. The number of nitrogens with zero attached hydrogens (tertiary/aromatic N) is 1. The second-order valence-corrected chi connectivity index (χ2v) is 7.95. The molecule has 0 bridgehead atoms. The average molecular weight is 578 g/mol. The molecule has 0 fully saturated rings. The Morgan fingerprint density at radius 3 is 2.30 bits per heavy atom. The van der Waals surface area contributed by atoms with Gasteiger partial charge in [-0.3, -0.25) is 6.08 Å². The number of para-hydroxylation sites is 1. The quantitative estimate of drug-likeness (QED) is 0.450. The van der Waals surface area contributed by atoms with Crippen molar-refractivity contribution in [1.29, 1.82) is 0 Å². The maximum absolute atomic E-state index is 3.87. The van der Waals surface area contributed by atoms with Crippen molar-refractivity contribution in [1.82, 2.24) is 0 Å². The van der Waals surface area contributed by atoms with Crippen LogP contribution in [0.5, 0.6) is 0 Å². The molecule has 0 spiro atoms. The van der Waals surface area contributed by atoms with Crippen LogP contribution in [0, 0.1) is 18.1 Å². The first kappa shape index (κ1) is 27.2. The van der Waals surface area contributed by atoms with E-state index in [1.165, 1.54) is 43.9 Å². The number of benzene rings is 1. The maximum Gasteiger partial charge on any atom is 4.00 e. The minimum atomic E-state index is 0. The zero-order valence-electron chi connectivity index (χ0n) is 17.1. The molecule has 30 heavy (non-hydrogen) atoms. The Hall–Kier alpha value is -0.857. The minimum Gasteiger partial charge on any atom is -1.00 e. The molecular formula is C25H22BrCl2NZr. The number of halogens is 3. The van der Waals surface area contributed by atoms with E-state index in [1.54, 1.807) is 0 Å². The Kier molecular flexibility index (Phi) is 10.6. The Morgan fingerprint density at radius 1 is 1.03 bits per heavy atom. The number of allylic oxidation sites excluding steroid dienone is 12. The molecule has 0 saturated heterocycles. The van der Waals surface area contributed by atoms with Gasteiger partial charge in [-0.1, -0.05) is 41.1 Å². The zero-order chi connectivity index (χ0) is 19.0. The summed E-state index contributed by atoms with van der Waals surface area (Å²) in [4.78, 5) is 2.34. The molecule has 1 aromatic carbocycles. The Bertz CT molecular complexity index is 987.